The van der Waals surface area contributed by atoms with Crippen LogP contribution in [-0.2, 0) is 9.47 Å². The lowest BCUT2D eigenvalue weighted by Crippen LogP contribution is -2.18. The van der Waals surface area contributed by atoms with Gasteiger partial charge in [-0.05, 0) is 6.92 Å². The van der Waals surface area contributed by atoms with Crippen molar-refractivity contribution in [2.75, 3.05) is 21.3 Å². The van der Waals surface area contributed by atoms with Crippen LogP contribution in [0.1, 0.15) is 38.3 Å². The third-order valence-corrected chi connectivity index (χ3v) is 2.24. The summed E-state index contributed by atoms with van der Waals surface area (Å²) in [7, 11) is 3.51. The van der Waals surface area contributed by atoms with Gasteiger partial charge in [0.15, 0.2) is 17.2 Å². The zero-order chi connectivity index (χ0) is 14.6. The van der Waals surface area contributed by atoms with E-state index in [1.165, 1.54) is 14.0 Å². The molecule has 1 aromatic heterocycles. The lowest BCUT2D eigenvalue weighted by atomic mass is 10.1. The molecule has 0 radical (unpaired) electrons. The highest BCUT2D eigenvalue weighted by Crippen LogP contribution is 2.25. The molecule has 102 valence electrons. The van der Waals surface area contributed by atoms with Crippen LogP contribution in [0.15, 0.2) is 0 Å². The van der Waals surface area contributed by atoms with E-state index in [0.717, 1.165) is 14.2 Å². The molecule has 0 fully saturated rings. The lowest BCUT2D eigenvalue weighted by molar-refractivity contribution is 0.0567. The largest absolute Gasteiger partial charge is 0.493 e. The first-order valence-corrected chi connectivity index (χ1v) is 5.10. The fraction of sp³-hybridized carbons (Fsp3) is 0.364. The fourth-order valence-electron chi connectivity index (χ4n) is 1.42. The molecule has 8 nitrogen and oxygen atoms in total. The maximum absolute atomic E-state index is 11.6. The van der Waals surface area contributed by atoms with Gasteiger partial charge in [0, 0.05) is 0 Å². The van der Waals surface area contributed by atoms with Gasteiger partial charge in [-0.25, -0.2) is 9.59 Å². The van der Waals surface area contributed by atoms with E-state index in [4.69, 9.17) is 4.74 Å². The Morgan fingerprint density at radius 2 is 1.37 bits per heavy atom. The summed E-state index contributed by atoms with van der Waals surface area (Å²) in [6.45, 7) is 1.20. The topological polar surface area (TPSA) is 105 Å². The van der Waals surface area contributed by atoms with Crippen LogP contribution in [0.2, 0.25) is 0 Å². The predicted molar refractivity (Wildman–Crippen MR) is 61.3 cm³/mol. The van der Waals surface area contributed by atoms with E-state index < -0.39 is 17.7 Å². The number of ketones is 1. The Labute approximate surface area is 108 Å². The van der Waals surface area contributed by atoms with Crippen molar-refractivity contribution in [1.82, 2.24) is 10.2 Å². The van der Waals surface area contributed by atoms with E-state index in [1.807, 2.05) is 0 Å². The number of hydrogen-bond donors (Lipinski definition) is 0. The van der Waals surface area contributed by atoms with Gasteiger partial charge in [-0.3, -0.25) is 4.79 Å². The van der Waals surface area contributed by atoms with E-state index in [1.54, 1.807) is 0 Å². The number of ether oxygens (including phenoxy) is 3. The lowest BCUT2D eigenvalue weighted by Gasteiger charge is -2.11. The molecule has 1 aromatic rings. The number of hydrogen-bond acceptors (Lipinski definition) is 8. The van der Waals surface area contributed by atoms with Gasteiger partial charge in [0.1, 0.15) is 0 Å². The van der Waals surface area contributed by atoms with E-state index in [-0.39, 0.29) is 22.7 Å². The zero-order valence-electron chi connectivity index (χ0n) is 10.8. The van der Waals surface area contributed by atoms with Crippen LogP contribution in [-0.4, -0.2) is 49.2 Å². The minimum Gasteiger partial charge on any atom is -0.493 e. The predicted octanol–water partition coefficient (Wildman–Crippen LogP) is 0.261. The Bertz CT molecular complexity index is 540. The summed E-state index contributed by atoms with van der Waals surface area (Å²) in [5.41, 5.74) is -0.785. The summed E-state index contributed by atoms with van der Waals surface area (Å²) in [6.07, 6.45) is 0. The molecule has 0 aliphatic carbocycles. The highest BCUT2D eigenvalue weighted by Gasteiger charge is 2.28. The normalized spacial score (nSPS) is 9.68. The van der Waals surface area contributed by atoms with Crippen LogP contribution in [0.3, 0.4) is 0 Å². The molecule has 0 aliphatic rings. The van der Waals surface area contributed by atoms with E-state index in [9.17, 15) is 14.4 Å². The molecule has 1 heterocycles. The van der Waals surface area contributed by atoms with Gasteiger partial charge in [0.05, 0.1) is 26.9 Å². The highest BCUT2D eigenvalue weighted by molar-refractivity contribution is 6.08. The minimum absolute atomic E-state index is 0.172. The molecule has 19 heavy (non-hydrogen) atoms. The highest BCUT2D eigenvalue weighted by atomic mass is 16.5. The molecule has 0 saturated heterocycles. The first-order chi connectivity index (χ1) is 8.97. The number of aromatic nitrogens is 2. The van der Waals surface area contributed by atoms with Crippen molar-refractivity contribution in [2.24, 2.45) is 0 Å². The van der Waals surface area contributed by atoms with E-state index >= 15 is 0 Å². The summed E-state index contributed by atoms with van der Waals surface area (Å²) >= 11 is 0. The Morgan fingerprint density at radius 1 is 0.895 bits per heavy atom. The molecule has 0 saturated carbocycles. The summed E-state index contributed by atoms with van der Waals surface area (Å²) in [6, 6.07) is 0. The second-order valence-corrected chi connectivity index (χ2v) is 3.34. The van der Waals surface area contributed by atoms with Crippen LogP contribution in [0, 0.1) is 0 Å². The second-order valence-electron chi connectivity index (χ2n) is 3.34. The number of methoxy groups -OCH3 is 3. The van der Waals surface area contributed by atoms with Crippen molar-refractivity contribution in [1.29, 1.82) is 0 Å². The zero-order valence-corrected chi connectivity index (χ0v) is 10.8. The second kappa shape index (κ2) is 5.89. The van der Waals surface area contributed by atoms with Gasteiger partial charge in [0.25, 0.3) is 0 Å². The summed E-state index contributed by atoms with van der Waals surface area (Å²) < 4.78 is 13.9. The third kappa shape index (κ3) is 2.67. The summed E-state index contributed by atoms with van der Waals surface area (Å²) in [5, 5.41) is 7.05. The number of carbonyl (C=O) groups is 3. The number of esters is 2. The smallest absolute Gasteiger partial charge is 0.362 e. The maximum atomic E-state index is 11.6. The first kappa shape index (κ1) is 14.6. The van der Waals surface area contributed by atoms with Gasteiger partial charge in [-0.15, -0.1) is 10.2 Å². The molecule has 0 N–H and O–H groups in total. The van der Waals surface area contributed by atoms with E-state index in [0.29, 0.717) is 0 Å². The molecule has 0 bridgehead atoms. The monoisotopic (exact) mass is 268 g/mol. The van der Waals surface area contributed by atoms with Crippen molar-refractivity contribution in [3.05, 3.63) is 17.0 Å². The SMILES string of the molecule is COC(=O)c1nnc(C(=O)OC)c(C(C)=O)c1OC. The summed E-state index contributed by atoms with van der Waals surface area (Å²) in [5.74, 6) is -2.37. The molecule has 0 atom stereocenters. The van der Waals surface area contributed by atoms with Crippen LogP contribution < -0.4 is 4.74 Å². The molecule has 0 unspecified atom stereocenters. The van der Waals surface area contributed by atoms with Crippen molar-refractivity contribution >= 4 is 17.7 Å². The Balaban J connectivity index is 3.61. The Morgan fingerprint density at radius 3 is 1.79 bits per heavy atom. The quantitative estimate of drug-likeness (QED) is 0.565. The third-order valence-electron chi connectivity index (χ3n) is 2.24. The molecular formula is C11H12N2O6. The van der Waals surface area contributed by atoms with Crippen LogP contribution in [0.4, 0.5) is 0 Å². The molecular weight excluding hydrogens is 256 g/mol. The molecule has 1 rings (SSSR count). The molecule has 8 heteroatoms. The minimum atomic E-state index is -0.854. The van der Waals surface area contributed by atoms with Crippen molar-refractivity contribution < 1.29 is 28.6 Å². The number of carbonyl (C=O) groups excluding carboxylic acids is 3. The van der Waals surface area contributed by atoms with Crippen molar-refractivity contribution in [3.63, 3.8) is 0 Å². The van der Waals surface area contributed by atoms with Gasteiger partial charge in [0.2, 0.25) is 5.69 Å². The van der Waals surface area contributed by atoms with Crippen LogP contribution in [0.25, 0.3) is 0 Å². The molecule has 0 aromatic carbocycles. The standard InChI is InChI=1S/C11H12N2O6/c1-5(14)6-7(10(15)18-3)12-13-8(9(6)17-2)11(16)19-4/h1-4H3. The van der Waals surface area contributed by atoms with E-state index in [2.05, 4.69) is 19.7 Å². The van der Waals surface area contributed by atoms with Crippen LogP contribution in [0.5, 0.6) is 5.75 Å². The average molecular weight is 268 g/mol. The van der Waals surface area contributed by atoms with Crippen molar-refractivity contribution in [2.45, 2.75) is 6.92 Å². The van der Waals surface area contributed by atoms with Gasteiger partial charge >= 0.3 is 11.9 Å². The van der Waals surface area contributed by atoms with Crippen molar-refractivity contribution in [3.8, 4) is 5.75 Å². The average Bonchev–Trinajstić information content (AvgIpc) is 2.43. The number of rotatable bonds is 4. The van der Waals surface area contributed by atoms with Crippen LogP contribution >= 0.6 is 0 Å². The Hall–Kier alpha value is -2.51. The maximum Gasteiger partial charge on any atom is 0.362 e. The Kier molecular flexibility index (Phi) is 4.51. The summed E-state index contributed by atoms with van der Waals surface area (Å²) in [4.78, 5) is 34.6. The number of nitrogens with zero attached hydrogens (tertiary/aromatic N) is 2. The van der Waals surface area contributed by atoms with Gasteiger partial charge in [-0.1, -0.05) is 0 Å². The fourth-order valence-corrected chi connectivity index (χ4v) is 1.42. The van der Waals surface area contributed by atoms with Gasteiger partial charge in [-0.2, -0.15) is 0 Å². The van der Waals surface area contributed by atoms with Gasteiger partial charge < -0.3 is 14.2 Å². The molecule has 0 amide bonds. The number of Topliss-reactive ketones (excluding diaryl/α,β-unsaturated/α-hetero) is 1. The first-order valence-electron chi connectivity index (χ1n) is 5.10. The molecule has 0 spiro atoms. The molecule has 0 aliphatic heterocycles.